The smallest absolute Gasteiger partial charge is 1.00 e. The predicted octanol–water partition coefficient (Wildman–Crippen LogP) is -4.43. The van der Waals surface area contributed by atoms with E-state index in [0.717, 1.165) is 0 Å². The molecule has 1 aliphatic rings. The van der Waals surface area contributed by atoms with Gasteiger partial charge in [-0.25, -0.2) is 0 Å². The molecule has 0 fully saturated rings. The second-order valence-corrected chi connectivity index (χ2v) is 14.0. The Labute approximate surface area is 217 Å². The van der Waals surface area contributed by atoms with Gasteiger partial charge in [-0.15, -0.1) is 0 Å². The van der Waals surface area contributed by atoms with E-state index in [1.807, 2.05) is 0 Å². The molecule has 0 heterocycles. The summed E-state index contributed by atoms with van der Waals surface area (Å²) in [7, 11) is -2.37. The van der Waals surface area contributed by atoms with Crippen LogP contribution in [-0.2, 0) is 20.4 Å². The van der Waals surface area contributed by atoms with Crippen LogP contribution in [0.25, 0.3) is 0 Å². The Kier molecular flexibility index (Phi) is 10.6. The van der Waals surface area contributed by atoms with Crippen molar-refractivity contribution in [3.63, 3.8) is 0 Å². The molecule has 5 heteroatoms. The van der Waals surface area contributed by atoms with Gasteiger partial charge in [0.05, 0.1) is 0 Å². The van der Waals surface area contributed by atoms with E-state index in [9.17, 15) is 0 Å². The number of hydrogen-bond donors (Lipinski definition) is 0. The Morgan fingerprint density at radius 3 is 1.29 bits per heavy atom. The number of rotatable bonds is 5. The maximum absolute atomic E-state index is 2.55. The van der Waals surface area contributed by atoms with Gasteiger partial charge in [0.15, 0.2) is 0 Å². The van der Waals surface area contributed by atoms with Gasteiger partial charge in [-0.05, 0) is 0 Å². The first-order chi connectivity index (χ1) is 13.6. The van der Waals surface area contributed by atoms with Crippen molar-refractivity contribution in [2.45, 2.75) is 17.2 Å². The van der Waals surface area contributed by atoms with Crippen LogP contribution in [0, 0.1) is 5.92 Å². The van der Waals surface area contributed by atoms with Crippen LogP contribution in [0.5, 0.6) is 0 Å². The molecular weight excluding hydrogens is 495 g/mol. The molecule has 1 unspecified atom stereocenters. The molecule has 0 aliphatic heterocycles. The van der Waals surface area contributed by atoms with Gasteiger partial charge in [-0.2, -0.15) is 0 Å². The first-order valence-corrected chi connectivity index (χ1v) is 12.7. The summed E-state index contributed by atoms with van der Waals surface area (Å²) in [6, 6.07) is 33.6. The zero-order valence-corrected chi connectivity index (χ0v) is 22.4. The van der Waals surface area contributed by atoms with Crippen LogP contribution < -0.4 is 52.8 Å². The SMILES string of the molecule is CC(C)C1=C[C]([Ti+3])([Si](c2ccccc2)(c2ccccc2)c2ccccc2)C=C1.[Cl-].[Cl-].[Cl-]. The molecule has 31 heavy (non-hydrogen) atoms. The molecule has 0 amide bonds. The summed E-state index contributed by atoms with van der Waals surface area (Å²) in [4.78, 5) is 0. The standard InChI is InChI=1S/C26H25Si.3ClH.Ti/c1-21(2)22-18-19-26(20-22)27(23-12-6-3-7-13-23,24-14-8-4-9-15-24)25-16-10-5-11-17-25;;;;/h3-21H,1-2H3;3*1H;/q;;;;+3/p-3. The minimum absolute atomic E-state index is 0. The Morgan fingerprint density at radius 2 is 1.00 bits per heavy atom. The molecule has 0 aromatic heterocycles. The van der Waals surface area contributed by atoms with Crippen molar-refractivity contribution in [2.75, 3.05) is 0 Å². The van der Waals surface area contributed by atoms with E-state index in [0.29, 0.717) is 5.92 Å². The molecule has 4 rings (SSSR count). The molecule has 0 N–H and O–H groups in total. The van der Waals surface area contributed by atoms with Gasteiger partial charge in [0.1, 0.15) is 0 Å². The van der Waals surface area contributed by atoms with Gasteiger partial charge in [-0.1, -0.05) is 0 Å². The number of halogens is 3. The molecule has 0 saturated carbocycles. The molecule has 1 aliphatic carbocycles. The normalized spacial score (nSPS) is 17.3. The second-order valence-electron chi connectivity index (χ2n) is 7.85. The summed E-state index contributed by atoms with van der Waals surface area (Å²) in [5, 5.41) is 4.38. The number of benzene rings is 3. The van der Waals surface area contributed by atoms with Gasteiger partial charge in [0, 0.05) is 0 Å². The quantitative estimate of drug-likeness (QED) is 0.236. The van der Waals surface area contributed by atoms with E-state index in [2.05, 4.69) is 144 Å². The molecule has 0 spiro atoms. The van der Waals surface area contributed by atoms with Crippen molar-refractivity contribution in [1.82, 2.24) is 0 Å². The number of hydrogen-bond acceptors (Lipinski definition) is 0. The van der Waals surface area contributed by atoms with Crippen LogP contribution in [-0.4, -0.2) is 8.07 Å². The van der Waals surface area contributed by atoms with Crippen molar-refractivity contribution < 1.29 is 57.7 Å². The monoisotopic (exact) mass is 518 g/mol. The van der Waals surface area contributed by atoms with Crippen molar-refractivity contribution in [3.05, 3.63) is 115 Å². The van der Waals surface area contributed by atoms with Crippen molar-refractivity contribution in [1.29, 1.82) is 0 Å². The summed E-state index contributed by atoms with van der Waals surface area (Å²) in [6.45, 7) is 4.58. The van der Waals surface area contributed by atoms with Crippen LogP contribution in [0.2, 0.25) is 3.34 Å². The molecule has 0 bridgehead atoms. The van der Waals surface area contributed by atoms with Gasteiger partial charge < -0.3 is 37.2 Å². The van der Waals surface area contributed by atoms with E-state index in [1.165, 1.54) is 21.1 Å². The minimum atomic E-state index is -2.37. The van der Waals surface area contributed by atoms with E-state index in [1.54, 1.807) is 0 Å². The molecule has 3 aromatic rings. The van der Waals surface area contributed by atoms with Gasteiger partial charge >= 0.3 is 182 Å². The fourth-order valence-corrected chi connectivity index (χ4v) is 12.1. The van der Waals surface area contributed by atoms with Gasteiger partial charge in [0.2, 0.25) is 0 Å². The summed E-state index contributed by atoms with van der Waals surface area (Å²) in [5.74, 6) is 0.534. The Morgan fingerprint density at radius 1 is 0.645 bits per heavy atom. The Balaban J connectivity index is 0.00000160. The summed E-state index contributed by atoms with van der Waals surface area (Å²) in [5.41, 5.74) is 1.45. The van der Waals surface area contributed by atoms with Crippen LogP contribution >= 0.6 is 0 Å². The van der Waals surface area contributed by atoms with Crippen molar-refractivity contribution in [2.24, 2.45) is 5.92 Å². The Hall–Kier alpha value is -1.06. The van der Waals surface area contributed by atoms with E-state index >= 15 is 0 Å². The zero-order chi connectivity index (χ0) is 19.6. The molecule has 1 atom stereocenters. The maximum Gasteiger partial charge on any atom is -1.00 e. The average molecular weight is 520 g/mol. The first-order valence-electron chi connectivity index (χ1n) is 9.91. The van der Waals surface area contributed by atoms with E-state index < -0.39 is 8.07 Å². The van der Waals surface area contributed by atoms with Crippen molar-refractivity contribution in [3.8, 4) is 0 Å². The molecule has 0 radical (unpaired) electrons. The van der Waals surface area contributed by atoms with E-state index in [4.69, 9.17) is 0 Å². The van der Waals surface area contributed by atoms with Crippen LogP contribution in [0.15, 0.2) is 115 Å². The fraction of sp³-hybridized carbons (Fsp3) is 0.154. The third-order valence-electron chi connectivity index (χ3n) is 5.84. The van der Waals surface area contributed by atoms with E-state index in [-0.39, 0.29) is 40.6 Å². The van der Waals surface area contributed by atoms with Gasteiger partial charge in [-0.3, -0.25) is 0 Å². The molecule has 0 nitrogen and oxygen atoms in total. The third-order valence-corrected chi connectivity index (χ3v) is 13.2. The van der Waals surface area contributed by atoms with Crippen LogP contribution in [0.1, 0.15) is 13.8 Å². The molecule has 0 saturated heterocycles. The Bertz CT molecular complexity index is 908. The number of allylic oxidation sites excluding steroid dienone is 4. The summed E-state index contributed by atoms with van der Waals surface area (Å²) < 4.78 is -0.0311. The van der Waals surface area contributed by atoms with Crippen LogP contribution in [0.3, 0.4) is 0 Å². The topological polar surface area (TPSA) is 0 Å². The minimum Gasteiger partial charge on any atom is -1.00 e. The fourth-order valence-electron chi connectivity index (χ4n) is 4.46. The first kappa shape index (κ1) is 28.0. The molecule has 158 valence electrons. The summed E-state index contributed by atoms with van der Waals surface area (Å²) in [6.07, 6.45) is 7.39. The molecular formula is C26H25Cl3SiTi. The third kappa shape index (κ3) is 4.98. The predicted molar refractivity (Wildman–Crippen MR) is 119 cm³/mol. The zero-order valence-electron chi connectivity index (χ0n) is 17.6. The molecule has 3 aromatic carbocycles. The second kappa shape index (κ2) is 11.7. The largest absolute Gasteiger partial charge is 1.00 e. The van der Waals surface area contributed by atoms with Crippen LogP contribution in [0.4, 0.5) is 0 Å². The maximum atomic E-state index is 2.55. The van der Waals surface area contributed by atoms with Gasteiger partial charge in [0.25, 0.3) is 0 Å². The average Bonchev–Trinajstić information content (AvgIpc) is 3.15. The van der Waals surface area contributed by atoms with Crippen molar-refractivity contribution >= 4 is 23.6 Å². The summed E-state index contributed by atoms with van der Waals surface area (Å²) >= 11 is 2.44.